The Labute approximate surface area is 117 Å². The highest BCUT2D eigenvalue weighted by Gasteiger charge is 2.08. The second-order valence-corrected chi connectivity index (χ2v) is 4.18. The Bertz CT molecular complexity index is 575. The summed E-state index contributed by atoms with van der Waals surface area (Å²) >= 11 is 0. The predicted octanol–water partition coefficient (Wildman–Crippen LogP) is 2.65. The topological polar surface area (TPSA) is 82.3 Å². The molecular formula is C14H18N4O2. The average Bonchev–Trinajstić information content (AvgIpc) is 2.45. The van der Waals surface area contributed by atoms with Crippen molar-refractivity contribution in [2.75, 3.05) is 12.0 Å². The van der Waals surface area contributed by atoms with Crippen LogP contribution < -0.4 is 20.7 Å². The van der Waals surface area contributed by atoms with Crippen LogP contribution in [0.15, 0.2) is 30.3 Å². The van der Waals surface area contributed by atoms with Gasteiger partial charge in [-0.15, -0.1) is 0 Å². The molecule has 0 radical (unpaired) electrons. The van der Waals surface area contributed by atoms with Crippen LogP contribution in [0, 0.1) is 6.92 Å². The number of anilines is 1. The number of nitrogens with zero attached hydrogens (tertiary/aromatic N) is 2. The Balaban J connectivity index is 2.23. The second-order valence-electron chi connectivity index (χ2n) is 4.18. The lowest BCUT2D eigenvalue weighted by atomic mass is 10.3. The highest BCUT2D eigenvalue weighted by atomic mass is 16.5. The number of rotatable bonds is 6. The van der Waals surface area contributed by atoms with Gasteiger partial charge in [0.05, 0.1) is 6.61 Å². The summed E-state index contributed by atoms with van der Waals surface area (Å²) in [6.45, 7) is 4.46. The molecule has 3 N–H and O–H groups in total. The van der Waals surface area contributed by atoms with Crippen LogP contribution in [0.25, 0.3) is 0 Å². The van der Waals surface area contributed by atoms with E-state index in [-0.39, 0.29) is 0 Å². The van der Waals surface area contributed by atoms with Crippen LogP contribution in [0.1, 0.15) is 19.2 Å². The lowest BCUT2D eigenvalue weighted by molar-refractivity contribution is 0.300. The van der Waals surface area contributed by atoms with Crippen LogP contribution in [0.4, 0.5) is 5.82 Å². The number of ether oxygens (including phenoxy) is 2. The van der Waals surface area contributed by atoms with Gasteiger partial charge in [-0.3, -0.25) is 0 Å². The molecule has 0 amide bonds. The number of nitrogens with one attached hydrogen (secondary N) is 1. The number of hydrazine groups is 1. The van der Waals surface area contributed by atoms with E-state index in [1.165, 1.54) is 0 Å². The zero-order chi connectivity index (χ0) is 14.4. The minimum atomic E-state index is 0.415. The van der Waals surface area contributed by atoms with Crippen molar-refractivity contribution in [3.05, 3.63) is 36.2 Å². The fourth-order valence-corrected chi connectivity index (χ4v) is 1.64. The van der Waals surface area contributed by atoms with Crippen molar-refractivity contribution in [1.82, 2.24) is 9.97 Å². The number of nitrogen functional groups attached to an aromatic ring is 1. The standard InChI is InChI=1S/C14H18N4O2/c1-3-8-19-11-6-4-5-7-12(11)20-14-9-13(18-15)16-10(2)17-14/h4-7,9H,3,8,15H2,1-2H3,(H,16,17,18). The fraction of sp³-hybridized carbons (Fsp3) is 0.286. The number of aromatic nitrogens is 2. The molecular weight excluding hydrogens is 256 g/mol. The van der Waals surface area contributed by atoms with E-state index in [9.17, 15) is 0 Å². The van der Waals surface area contributed by atoms with Crippen molar-refractivity contribution in [3.8, 4) is 17.4 Å². The van der Waals surface area contributed by atoms with Gasteiger partial charge in [0.1, 0.15) is 11.6 Å². The second kappa shape index (κ2) is 6.72. The van der Waals surface area contributed by atoms with E-state index in [0.29, 0.717) is 35.6 Å². The average molecular weight is 274 g/mol. The van der Waals surface area contributed by atoms with Gasteiger partial charge < -0.3 is 14.9 Å². The van der Waals surface area contributed by atoms with Gasteiger partial charge in [0.2, 0.25) is 5.88 Å². The molecule has 0 aliphatic heterocycles. The Kier molecular flexibility index (Phi) is 4.73. The Morgan fingerprint density at radius 2 is 1.95 bits per heavy atom. The molecule has 0 aliphatic carbocycles. The summed E-state index contributed by atoms with van der Waals surface area (Å²) in [6.07, 6.45) is 0.933. The predicted molar refractivity (Wildman–Crippen MR) is 76.9 cm³/mol. The first-order chi connectivity index (χ1) is 9.72. The molecule has 6 heteroatoms. The monoisotopic (exact) mass is 274 g/mol. The van der Waals surface area contributed by atoms with Crippen molar-refractivity contribution in [1.29, 1.82) is 0 Å². The van der Waals surface area contributed by atoms with Crippen molar-refractivity contribution in [2.24, 2.45) is 5.84 Å². The third-order valence-corrected chi connectivity index (χ3v) is 2.49. The van der Waals surface area contributed by atoms with Gasteiger partial charge in [-0.25, -0.2) is 10.8 Å². The molecule has 0 atom stereocenters. The first kappa shape index (κ1) is 14.1. The third-order valence-electron chi connectivity index (χ3n) is 2.49. The van der Waals surface area contributed by atoms with Crippen LogP contribution >= 0.6 is 0 Å². The van der Waals surface area contributed by atoms with E-state index < -0.39 is 0 Å². The molecule has 1 aromatic carbocycles. The molecule has 2 aromatic rings. The maximum atomic E-state index is 5.76. The van der Waals surface area contributed by atoms with E-state index in [1.807, 2.05) is 24.3 Å². The van der Waals surface area contributed by atoms with Crippen LogP contribution in [-0.4, -0.2) is 16.6 Å². The summed E-state index contributed by atoms with van der Waals surface area (Å²) in [5, 5.41) is 0. The Morgan fingerprint density at radius 1 is 1.20 bits per heavy atom. The largest absolute Gasteiger partial charge is 0.490 e. The van der Waals surface area contributed by atoms with Crippen molar-refractivity contribution < 1.29 is 9.47 Å². The van der Waals surface area contributed by atoms with Gasteiger partial charge in [-0.1, -0.05) is 19.1 Å². The van der Waals surface area contributed by atoms with Crippen molar-refractivity contribution in [2.45, 2.75) is 20.3 Å². The minimum Gasteiger partial charge on any atom is -0.490 e. The summed E-state index contributed by atoms with van der Waals surface area (Å²) < 4.78 is 11.4. The normalized spacial score (nSPS) is 10.2. The van der Waals surface area contributed by atoms with Crippen LogP contribution in [0.5, 0.6) is 17.4 Å². The van der Waals surface area contributed by atoms with Crippen molar-refractivity contribution >= 4 is 5.82 Å². The van der Waals surface area contributed by atoms with Crippen molar-refractivity contribution in [3.63, 3.8) is 0 Å². The Morgan fingerprint density at radius 3 is 2.65 bits per heavy atom. The highest BCUT2D eigenvalue weighted by Crippen LogP contribution is 2.31. The van der Waals surface area contributed by atoms with E-state index in [1.54, 1.807) is 13.0 Å². The molecule has 2 rings (SSSR count). The molecule has 1 heterocycles. The van der Waals surface area contributed by atoms with E-state index >= 15 is 0 Å². The molecule has 0 spiro atoms. The third kappa shape index (κ3) is 3.58. The van der Waals surface area contributed by atoms with Gasteiger partial charge in [-0.2, -0.15) is 4.98 Å². The van der Waals surface area contributed by atoms with Gasteiger partial charge in [0.25, 0.3) is 0 Å². The number of benzene rings is 1. The van der Waals surface area contributed by atoms with E-state index in [4.69, 9.17) is 15.3 Å². The summed E-state index contributed by atoms with van der Waals surface area (Å²) in [5.41, 5.74) is 2.48. The fourth-order valence-electron chi connectivity index (χ4n) is 1.64. The molecule has 0 aliphatic rings. The number of hydrogen-bond donors (Lipinski definition) is 2. The van der Waals surface area contributed by atoms with Gasteiger partial charge >= 0.3 is 0 Å². The van der Waals surface area contributed by atoms with Crippen LogP contribution in [-0.2, 0) is 0 Å². The van der Waals surface area contributed by atoms with Gasteiger partial charge in [0.15, 0.2) is 11.5 Å². The quantitative estimate of drug-likeness (QED) is 0.622. The maximum Gasteiger partial charge on any atom is 0.224 e. The zero-order valence-corrected chi connectivity index (χ0v) is 11.6. The summed E-state index contributed by atoms with van der Waals surface area (Å²) in [6, 6.07) is 9.10. The van der Waals surface area contributed by atoms with Gasteiger partial charge in [0, 0.05) is 6.07 Å². The molecule has 0 saturated carbocycles. The minimum absolute atomic E-state index is 0.415. The summed E-state index contributed by atoms with van der Waals surface area (Å²) in [7, 11) is 0. The number of aryl methyl sites for hydroxylation is 1. The van der Waals surface area contributed by atoms with E-state index in [0.717, 1.165) is 6.42 Å². The lowest BCUT2D eigenvalue weighted by Crippen LogP contribution is -2.10. The summed E-state index contributed by atoms with van der Waals surface area (Å²) in [5.74, 6) is 8.14. The first-order valence-corrected chi connectivity index (χ1v) is 6.45. The zero-order valence-electron chi connectivity index (χ0n) is 11.6. The smallest absolute Gasteiger partial charge is 0.224 e. The maximum absolute atomic E-state index is 5.76. The first-order valence-electron chi connectivity index (χ1n) is 6.45. The summed E-state index contributed by atoms with van der Waals surface area (Å²) in [4.78, 5) is 8.32. The van der Waals surface area contributed by atoms with Crippen LogP contribution in [0.3, 0.4) is 0 Å². The van der Waals surface area contributed by atoms with Gasteiger partial charge in [-0.05, 0) is 25.5 Å². The number of nitrogens with two attached hydrogens (primary N) is 1. The molecule has 0 saturated heterocycles. The Hall–Kier alpha value is -2.34. The number of para-hydroxylation sites is 2. The molecule has 106 valence electrons. The molecule has 0 fully saturated rings. The van der Waals surface area contributed by atoms with Crippen LogP contribution in [0.2, 0.25) is 0 Å². The SMILES string of the molecule is CCCOc1ccccc1Oc1cc(NN)nc(C)n1. The number of hydrogen-bond acceptors (Lipinski definition) is 6. The van der Waals surface area contributed by atoms with E-state index in [2.05, 4.69) is 22.3 Å². The molecule has 0 bridgehead atoms. The molecule has 20 heavy (non-hydrogen) atoms. The molecule has 6 nitrogen and oxygen atoms in total. The molecule has 1 aromatic heterocycles. The highest BCUT2D eigenvalue weighted by molar-refractivity contribution is 5.44. The molecule has 0 unspecified atom stereocenters. The lowest BCUT2D eigenvalue weighted by Gasteiger charge is -2.12.